The number of hydrogen-bond acceptors (Lipinski definition) is 7. The van der Waals surface area contributed by atoms with Gasteiger partial charge in [0.2, 0.25) is 5.95 Å². The van der Waals surface area contributed by atoms with Gasteiger partial charge in [0.1, 0.15) is 0 Å². The van der Waals surface area contributed by atoms with Crippen LogP contribution in [0.3, 0.4) is 0 Å². The number of nitrogens with one attached hydrogen (secondary N) is 2. The fourth-order valence-electron chi connectivity index (χ4n) is 2.49. The Morgan fingerprint density at radius 3 is 2.96 bits per heavy atom. The molecule has 8 heteroatoms. The van der Waals surface area contributed by atoms with Crippen molar-refractivity contribution in [2.75, 3.05) is 5.32 Å². The van der Waals surface area contributed by atoms with Crippen molar-refractivity contribution in [2.45, 2.75) is 31.8 Å². The molecule has 4 rings (SSSR count). The first-order valence-corrected chi connectivity index (χ1v) is 8.72. The normalized spacial score (nSPS) is 14.3. The number of thiophene rings is 1. The Bertz CT molecular complexity index is 861. The summed E-state index contributed by atoms with van der Waals surface area (Å²) in [5.41, 5.74) is 1.99. The second kappa shape index (κ2) is 6.48. The molecule has 24 heavy (non-hydrogen) atoms. The van der Waals surface area contributed by atoms with E-state index in [9.17, 15) is 4.79 Å². The third-order valence-electron chi connectivity index (χ3n) is 4.00. The van der Waals surface area contributed by atoms with Gasteiger partial charge in [0.25, 0.3) is 5.91 Å². The van der Waals surface area contributed by atoms with Crippen molar-refractivity contribution < 1.29 is 4.79 Å². The van der Waals surface area contributed by atoms with E-state index in [-0.39, 0.29) is 11.9 Å². The van der Waals surface area contributed by atoms with Crippen LogP contribution < -0.4 is 10.6 Å². The minimum Gasteiger partial charge on any atom is -0.348 e. The van der Waals surface area contributed by atoms with Gasteiger partial charge in [-0.3, -0.25) is 14.8 Å². The summed E-state index contributed by atoms with van der Waals surface area (Å²) in [5.74, 6) is 0.294. The number of carbonyl (C=O) groups excluding carboxylic acids is 1. The zero-order valence-electron chi connectivity index (χ0n) is 12.9. The van der Waals surface area contributed by atoms with Crippen molar-refractivity contribution in [2.24, 2.45) is 0 Å². The lowest BCUT2D eigenvalue weighted by atomic mass is 9.93. The van der Waals surface area contributed by atoms with E-state index in [1.165, 1.54) is 17.8 Å². The molecule has 1 aliphatic carbocycles. The Balaban J connectivity index is 1.58. The fraction of sp³-hybridized carbons (Fsp3) is 0.312. The Labute approximate surface area is 142 Å². The molecule has 7 nitrogen and oxygen atoms in total. The topological polar surface area (TPSA) is 92.7 Å². The molecule has 3 aromatic heterocycles. The lowest BCUT2D eigenvalue weighted by Gasteiger charge is -2.26. The molecule has 1 amide bonds. The van der Waals surface area contributed by atoms with E-state index in [1.54, 1.807) is 18.6 Å². The molecule has 0 saturated heterocycles. The second-order valence-electron chi connectivity index (χ2n) is 5.68. The molecule has 1 aliphatic rings. The summed E-state index contributed by atoms with van der Waals surface area (Å²) in [6.07, 6.45) is 8.20. The van der Waals surface area contributed by atoms with Crippen LogP contribution in [0.1, 0.15) is 35.4 Å². The predicted octanol–water partition coefficient (Wildman–Crippen LogP) is 2.38. The molecule has 0 spiro atoms. The van der Waals surface area contributed by atoms with Crippen LogP contribution in [0.2, 0.25) is 0 Å². The quantitative estimate of drug-likeness (QED) is 0.741. The van der Waals surface area contributed by atoms with Gasteiger partial charge in [-0.1, -0.05) is 0 Å². The molecular formula is C16H16N6OS. The molecule has 0 aliphatic heterocycles. The summed E-state index contributed by atoms with van der Waals surface area (Å²) in [5, 5.41) is 8.08. The number of amides is 1. The Morgan fingerprint density at radius 1 is 1.29 bits per heavy atom. The molecule has 0 atom stereocenters. The lowest BCUT2D eigenvalue weighted by molar-refractivity contribution is 0.0914. The van der Waals surface area contributed by atoms with Crippen molar-refractivity contribution in [1.82, 2.24) is 25.3 Å². The van der Waals surface area contributed by atoms with Crippen LogP contribution in [-0.4, -0.2) is 31.9 Å². The standard InChI is InChI=1S/C16H16N6OS/c23-15(20-10-2-1-3-10)13-14-12(4-7-24-14)21-16(22-13)19-9-11-8-17-5-6-18-11/h4-8,10H,1-3,9H2,(H,20,23)(H,19,21,22). The zero-order valence-corrected chi connectivity index (χ0v) is 13.7. The molecular weight excluding hydrogens is 324 g/mol. The number of anilines is 1. The summed E-state index contributed by atoms with van der Waals surface area (Å²) in [4.78, 5) is 29.7. The van der Waals surface area contributed by atoms with Crippen molar-refractivity contribution in [1.29, 1.82) is 0 Å². The van der Waals surface area contributed by atoms with Crippen molar-refractivity contribution in [3.8, 4) is 0 Å². The van der Waals surface area contributed by atoms with Gasteiger partial charge in [0.15, 0.2) is 5.69 Å². The summed E-state index contributed by atoms with van der Waals surface area (Å²) >= 11 is 1.48. The summed E-state index contributed by atoms with van der Waals surface area (Å²) in [7, 11) is 0. The van der Waals surface area contributed by atoms with Gasteiger partial charge in [-0.25, -0.2) is 9.97 Å². The first-order valence-electron chi connectivity index (χ1n) is 7.84. The van der Waals surface area contributed by atoms with E-state index in [2.05, 4.69) is 30.6 Å². The monoisotopic (exact) mass is 340 g/mol. The van der Waals surface area contributed by atoms with E-state index in [1.807, 2.05) is 11.4 Å². The van der Waals surface area contributed by atoms with Crippen LogP contribution in [0.25, 0.3) is 10.2 Å². The molecule has 0 bridgehead atoms. The summed E-state index contributed by atoms with van der Waals surface area (Å²) in [6.45, 7) is 0.452. The number of fused-ring (bicyclic) bond motifs is 1. The largest absolute Gasteiger partial charge is 0.348 e. The van der Waals surface area contributed by atoms with Gasteiger partial charge in [0.05, 0.1) is 28.7 Å². The Morgan fingerprint density at radius 2 is 2.21 bits per heavy atom. The molecule has 3 aromatic rings. The third-order valence-corrected chi connectivity index (χ3v) is 4.91. The molecule has 1 saturated carbocycles. The van der Waals surface area contributed by atoms with Crippen LogP contribution in [0.15, 0.2) is 30.0 Å². The highest BCUT2D eigenvalue weighted by atomic mass is 32.1. The minimum atomic E-state index is -0.128. The van der Waals surface area contributed by atoms with Gasteiger partial charge >= 0.3 is 0 Å². The minimum absolute atomic E-state index is 0.128. The molecule has 0 unspecified atom stereocenters. The maximum atomic E-state index is 12.5. The molecule has 1 fully saturated rings. The lowest BCUT2D eigenvalue weighted by Crippen LogP contribution is -2.39. The third kappa shape index (κ3) is 3.05. The van der Waals surface area contributed by atoms with Gasteiger partial charge < -0.3 is 10.6 Å². The van der Waals surface area contributed by atoms with Crippen LogP contribution in [0.4, 0.5) is 5.95 Å². The Kier molecular flexibility index (Phi) is 4.04. The SMILES string of the molecule is O=C(NC1CCC1)c1nc(NCc2cnccn2)nc2ccsc12. The predicted molar refractivity (Wildman–Crippen MR) is 91.9 cm³/mol. The first kappa shape index (κ1) is 14.9. The average Bonchev–Trinajstić information content (AvgIpc) is 3.04. The first-order chi connectivity index (χ1) is 11.8. The highest BCUT2D eigenvalue weighted by Gasteiger charge is 2.23. The van der Waals surface area contributed by atoms with Crippen LogP contribution in [0.5, 0.6) is 0 Å². The number of carbonyl (C=O) groups is 1. The second-order valence-corrected chi connectivity index (χ2v) is 6.60. The highest BCUT2D eigenvalue weighted by Crippen LogP contribution is 2.25. The van der Waals surface area contributed by atoms with Crippen LogP contribution in [0, 0.1) is 0 Å². The van der Waals surface area contributed by atoms with Gasteiger partial charge in [0, 0.05) is 18.4 Å². The smallest absolute Gasteiger partial charge is 0.271 e. The number of nitrogens with zero attached hydrogens (tertiary/aromatic N) is 4. The number of hydrogen-bond donors (Lipinski definition) is 2. The van der Waals surface area contributed by atoms with E-state index in [0.717, 1.165) is 28.8 Å². The summed E-state index contributed by atoms with van der Waals surface area (Å²) < 4.78 is 0.817. The zero-order chi connectivity index (χ0) is 16.4. The van der Waals surface area contributed by atoms with Crippen molar-refractivity contribution in [3.63, 3.8) is 0 Å². The molecule has 0 aromatic carbocycles. The van der Waals surface area contributed by atoms with Crippen LogP contribution >= 0.6 is 11.3 Å². The van der Waals surface area contributed by atoms with Crippen molar-refractivity contribution in [3.05, 3.63) is 41.4 Å². The van der Waals surface area contributed by atoms with E-state index in [4.69, 9.17) is 0 Å². The van der Waals surface area contributed by atoms with Gasteiger partial charge in [-0.15, -0.1) is 11.3 Å². The molecule has 2 N–H and O–H groups in total. The van der Waals surface area contributed by atoms with E-state index < -0.39 is 0 Å². The summed E-state index contributed by atoms with van der Waals surface area (Å²) in [6, 6.07) is 2.17. The maximum absolute atomic E-state index is 12.5. The van der Waals surface area contributed by atoms with Crippen molar-refractivity contribution >= 4 is 33.4 Å². The maximum Gasteiger partial charge on any atom is 0.271 e. The van der Waals surface area contributed by atoms with Gasteiger partial charge in [-0.05, 0) is 30.7 Å². The highest BCUT2D eigenvalue weighted by molar-refractivity contribution is 7.17. The van der Waals surface area contributed by atoms with Crippen LogP contribution in [-0.2, 0) is 6.54 Å². The van der Waals surface area contributed by atoms with E-state index >= 15 is 0 Å². The number of rotatable bonds is 5. The Hall–Kier alpha value is -2.61. The van der Waals surface area contributed by atoms with E-state index in [0.29, 0.717) is 18.2 Å². The number of aromatic nitrogens is 4. The fourth-order valence-corrected chi connectivity index (χ4v) is 3.31. The van der Waals surface area contributed by atoms with Gasteiger partial charge in [-0.2, -0.15) is 0 Å². The molecule has 122 valence electrons. The molecule has 0 radical (unpaired) electrons. The average molecular weight is 340 g/mol. The molecule has 3 heterocycles.